The van der Waals surface area contributed by atoms with E-state index in [1.165, 1.54) is 5.69 Å². The molecule has 1 amide bonds. The van der Waals surface area contributed by atoms with E-state index >= 15 is 0 Å². The van der Waals surface area contributed by atoms with Gasteiger partial charge in [-0.3, -0.25) is 9.69 Å². The van der Waals surface area contributed by atoms with Crippen LogP contribution in [0.5, 0.6) is 0 Å². The number of hydrogen-bond acceptors (Lipinski definition) is 3. The number of carbonyl (C=O) groups is 1. The van der Waals surface area contributed by atoms with Gasteiger partial charge in [-0.1, -0.05) is 0 Å². The average Bonchev–Trinajstić information content (AvgIpc) is 2.58. The first-order valence-corrected chi connectivity index (χ1v) is 6.39. The number of amides is 1. The van der Waals surface area contributed by atoms with Crippen LogP contribution in [-0.4, -0.2) is 51.4 Å². The topological polar surface area (TPSA) is 41.4 Å². The second kappa shape index (κ2) is 4.72. The summed E-state index contributed by atoms with van der Waals surface area (Å²) in [4.78, 5) is 20.5. The summed E-state index contributed by atoms with van der Waals surface area (Å²) in [5.41, 5.74) is 2.26. The molecule has 1 aromatic rings. The molecule has 1 fully saturated rings. The predicted molar refractivity (Wildman–Crippen MR) is 70.2 cm³/mol. The van der Waals surface area contributed by atoms with Gasteiger partial charge >= 0.3 is 0 Å². The molecule has 2 heterocycles. The van der Waals surface area contributed by atoms with Crippen LogP contribution in [-0.2, 0) is 18.4 Å². The van der Waals surface area contributed by atoms with Crippen LogP contribution in [0.25, 0.3) is 0 Å². The first-order chi connectivity index (χ1) is 8.41. The molecule has 1 aliphatic rings. The Kier molecular flexibility index (Phi) is 3.43. The largest absolute Gasteiger partial charge is 0.343 e. The zero-order valence-electron chi connectivity index (χ0n) is 11.9. The number of aryl methyl sites for hydroxylation is 1. The Morgan fingerprint density at radius 1 is 1.28 bits per heavy atom. The third kappa shape index (κ3) is 2.14. The summed E-state index contributed by atoms with van der Waals surface area (Å²) in [5, 5.41) is 0. The van der Waals surface area contributed by atoms with E-state index < -0.39 is 0 Å². The summed E-state index contributed by atoms with van der Waals surface area (Å²) in [7, 11) is 3.90. The van der Waals surface area contributed by atoms with Gasteiger partial charge in [-0.05, 0) is 20.8 Å². The molecule has 0 aliphatic carbocycles. The van der Waals surface area contributed by atoms with Crippen LogP contribution in [0.3, 0.4) is 0 Å². The smallest absolute Gasteiger partial charge is 0.239 e. The molecular formula is C13H22N4O. The fraction of sp³-hybridized carbons (Fsp3) is 0.692. The minimum atomic E-state index is -0.0546. The van der Waals surface area contributed by atoms with Crippen molar-refractivity contribution in [3.63, 3.8) is 0 Å². The van der Waals surface area contributed by atoms with Gasteiger partial charge < -0.3 is 9.47 Å². The van der Waals surface area contributed by atoms with E-state index in [-0.39, 0.29) is 11.9 Å². The highest BCUT2D eigenvalue weighted by Gasteiger charge is 2.30. The van der Waals surface area contributed by atoms with Crippen molar-refractivity contribution in [2.45, 2.75) is 33.4 Å². The van der Waals surface area contributed by atoms with Crippen LogP contribution < -0.4 is 0 Å². The highest BCUT2D eigenvalue weighted by atomic mass is 16.2. The molecule has 5 nitrogen and oxygen atoms in total. The number of aromatic nitrogens is 2. The average molecular weight is 250 g/mol. The summed E-state index contributed by atoms with van der Waals surface area (Å²) < 4.78 is 2.12. The molecule has 0 spiro atoms. The zero-order valence-corrected chi connectivity index (χ0v) is 11.9. The monoisotopic (exact) mass is 250 g/mol. The van der Waals surface area contributed by atoms with Crippen molar-refractivity contribution in [2.24, 2.45) is 7.05 Å². The maximum Gasteiger partial charge on any atom is 0.239 e. The van der Waals surface area contributed by atoms with E-state index in [2.05, 4.69) is 21.4 Å². The summed E-state index contributed by atoms with van der Waals surface area (Å²) in [5.74, 6) is 1.23. The maximum atomic E-state index is 11.9. The molecule has 0 saturated carbocycles. The summed E-state index contributed by atoms with van der Waals surface area (Å²) >= 11 is 0. The molecule has 1 atom stereocenters. The quantitative estimate of drug-likeness (QED) is 0.776. The van der Waals surface area contributed by atoms with Crippen molar-refractivity contribution in [3.05, 3.63) is 17.2 Å². The normalized spacial score (nSPS) is 21.7. The fourth-order valence-corrected chi connectivity index (χ4v) is 2.38. The lowest BCUT2D eigenvalue weighted by Crippen LogP contribution is -2.54. The van der Waals surface area contributed by atoms with Gasteiger partial charge in [-0.2, -0.15) is 0 Å². The van der Waals surface area contributed by atoms with E-state index in [0.717, 1.165) is 31.2 Å². The third-order valence-electron chi connectivity index (χ3n) is 4.06. The van der Waals surface area contributed by atoms with Gasteiger partial charge in [-0.25, -0.2) is 4.98 Å². The zero-order chi connectivity index (χ0) is 13.4. The molecule has 1 saturated heterocycles. The number of imidazole rings is 1. The molecule has 18 heavy (non-hydrogen) atoms. The molecule has 1 unspecified atom stereocenters. The second-order valence-corrected chi connectivity index (χ2v) is 5.16. The summed E-state index contributed by atoms with van der Waals surface area (Å²) in [6.07, 6.45) is 0. The highest BCUT2D eigenvalue weighted by Crippen LogP contribution is 2.15. The lowest BCUT2D eigenvalue weighted by atomic mass is 10.2. The Labute approximate surface area is 108 Å². The van der Waals surface area contributed by atoms with Gasteiger partial charge in [0.05, 0.1) is 18.3 Å². The van der Waals surface area contributed by atoms with Crippen LogP contribution in [0.15, 0.2) is 0 Å². The van der Waals surface area contributed by atoms with E-state index in [4.69, 9.17) is 0 Å². The molecule has 0 bridgehead atoms. The van der Waals surface area contributed by atoms with Crippen molar-refractivity contribution in [3.8, 4) is 0 Å². The van der Waals surface area contributed by atoms with Gasteiger partial charge in [-0.15, -0.1) is 0 Å². The van der Waals surface area contributed by atoms with Crippen LogP contribution in [0.2, 0.25) is 0 Å². The van der Waals surface area contributed by atoms with Crippen molar-refractivity contribution >= 4 is 5.91 Å². The van der Waals surface area contributed by atoms with Crippen molar-refractivity contribution in [1.29, 1.82) is 0 Å². The van der Waals surface area contributed by atoms with Gasteiger partial charge in [0.15, 0.2) is 0 Å². The molecule has 0 aromatic carbocycles. The van der Waals surface area contributed by atoms with E-state index in [0.29, 0.717) is 0 Å². The molecule has 0 N–H and O–H groups in total. The van der Waals surface area contributed by atoms with Crippen LogP contribution >= 0.6 is 0 Å². The lowest BCUT2D eigenvalue weighted by molar-refractivity contribution is -0.139. The van der Waals surface area contributed by atoms with Gasteiger partial charge in [0.1, 0.15) is 5.82 Å². The Morgan fingerprint density at radius 3 is 2.50 bits per heavy atom. The number of hydrogen-bond donors (Lipinski definition) is 0. The Balaban J connectivity index is 2.14. The number of piperazine rings is 1. The molecule has 0 radical (unpaired) electrons. The van der Waals surface area contributed by atoms with E-state index in [1.54, 1.807) is 4.90 Å². The minimum Gasteiger partial charge on any atom is -0.343 e. The molecule has 1 aromatic heterocycles. The van der Waals surface area contributed by atoms with Crippen molar-refractivity contribution in [2.75, 3.05) is 20.1 Å². The molecule has 1 aliphatic heterocycles. The first kappa shape index (κ1) is 13.1. The van der Waals surface area contributed by atoms with Gasteiger partial charge in [0.25, 0.3) is 0 Å². The standard InChI is InChI=1S/C13H22N4O/c1-9-10(2)16(5)12(14-9)8-17-7-6-15(4)13(18)11(17)3/h11H,6-8H2,1-5H3. The van der Waals surface area contributed by atoms with Gasteiger partial charge in [0.2, 0.25) is 5.91 Å². The molecule has 100 valence electrons. The SMILES string of the molecule is Cc1nc(CN2CCN(C)C(=O)C2C)n(C)c1C. The van der Waals surface area contributed by atoms with Crippen LogP contribution in [0.4, 0.5) is 0 Å². The molecule has 2 rings (SSSR count). The Morgan fingerprint density at radius 2 is 1.94 bits per heavy atom. The van der Waals surface area contributed by atoms with E-state index in [9.17, 15) is 4.79 Å². The Bertz CT molecular complexity index is 466. The lowest BCUT2D eigenvalue weighted by Gasteiger charge is -2.37. The third-order valence-corrected chi connectivity index (χ3v) is 4.06. The number of nitrogens with zero attached hydrogens (tertiary/aromatic N) is 4. The summed E-state index contributed by atoms with van der Waals surface area (Å²) in [6, 6.07) is -0.0546. The minimum absolute atomic E-state index is 0.0546. The van der Waals surface area contributed by atoms with Crippen molar-refractivity contribution in [1.82, 2.24) is 19.4 Å². The number of carbonyl (C=O) groups excluding carboxylic acids is 1. The van der Waals surface area contributed by atoms with Crippen LogP contribution in [0, 0.1) is 13.8 Å². The van der Waals surface area contributed by atoms with Crippen LogP contribution in [0.1, 0.15) is 24.1 Å². The van der Waals surface area contributed by atoms with Crippen molar-refractivity contribution < 1.29 is 4.79 Å². The molecule has 5 heteroatoms. The maximum absolute atomic E-state index is 11.9. The first-order valence-electron chi connectivity index (χ1n) is 6.39. The Hall–Kier alpha value is -1.36. The van der Waals surface area contributed by atoms with E-state index in [1.807, 2.05) is 27.9 Å². The predicted octanol–water partition coefficient (Wildman–Crippen LogP) is 0.699. The highest BCUT2D eigenvalue weighted by molar-refractivity contribution is 5.81. The fourth-order valence-electron chi connectivity index (χ4n) is 2.38. The molecular weight excluding hydrogens is 228 g/mol. The number of rotatable bonds is 2. The summed E-state index contributed by atoms with van der Waals surface area (Å²) in [6.45, 7) is 8.52. The van der Waals surface area contributed by atoms with Gasteiger partial charge in [0, 0.05) is 32.9 Å². The number of likely N-dealkylation sites (N-methyl/N-ethyl adjacent to an activating group) is 1. The second-order valence-electron chi connectivity index (χ2n) is 5.16.